The van der Waals surface area contributed by atoms with Crippen molar-refractivity contribution in [1.82, 2.24) is 14.8 Å². The van der Waals surface area contributed by atoms with Crippen molar-refractivity contribution in [2.75, 3.05) is 0 Å². The standard InChI is InChI=1S/C20H19ClFN3OS/c1-3-9-25-19(12-26-18-8-7-16(22)11-17(18)21)23-24-20(25)27-13-15-6-4-5-14(2)10-15/h3-8,10-11H,1,9,12-13H2,2H3. The van der Waals surface area contributed by atoms with Crippen molar-refractivity contribution in [3.63, 3.8) is 0 Å². The minimum Gasteiger partial charge on any atom is -0.484 e. The van der Waals surface area contributed by atoms with Crippen LogP contribution in [0.2, 0.25) is 5.02 Å². The third kappa shape index (κ3) is 5.11. The summed E-state index contributed by atoms with van der Waals surface area (Å²) in [4.78, 5) is 0. The van der Waals surface area contributed by atoms with Crippen LogP contribution in [0.4, 0.5) is 4.39 Å². The molecular weight excluding hydrogens is 385 g/mol. The number of ether oxygens (including phenoxy) is 1. The van der Waals surface area contributed by atoms with Crippen LogP contribution in [0, 0.1) is 12.7 Å². The summed E-state index contributed by atoms with van der Waals surface area (Å²) < 4.78 is 20.8. The molecular formula is C20H19ClFN3OS. The van der Waals surface area contributed by atoms with E-state index in [9.17, 15) is 4.39 Å². The zero-order valence-electron chi connectivity index (χ0n) is 14.9. The van der Waals surface area contributed by atoms with Gasteiger partial charge in [-0.15, -0.1) is 16.8 Å². The molecule has 0 amide bonds. The Balaban J connectivity index is 1.71. The maximum Gasteiger partial charge on any atom is 0.191 e. The van der Waals surface area contributed by atoms with E-state index < -0.39 is 5.82 Å². The largest absolute Gasteiger partial charge is 0.484 e. The van der Waals surface area contributed by atoms with Crippen molar-refractivity contribution in [2.24, 2.45) is 0 Å². The first-order valence-corrected chi connectivity index (χ1v) is 9.72. The van der Waals surface area contributed by atoms with E-state index in [4.69, 9.17) is 16.3 Å². The average Bonchev–Trinajstić information content (AvgIpc) is 3.01. The predicted octanol–water partition coefficient (Wildman–Crippen LogP) is 5.44. The second-order valence-electron chi connectivity index (χ2n) is 5.94. The number of aryl methyl sites for hydroxylation is 1. The van der Waals surface area contributed by atoms with Gasteiger partial charge in [0.15, 0.2) is 11.0 Å². The van der Waals surface area contributed by atoms with Crippen LogP contribution >= 0.6 is 23.4 Å². The van der Waals surface area contributed by atoms with Crippen molar-refractivity contribution in [2.45, 2.75) is 31.0 Å². The molecule has 1 heterocycles. The molecule has 0 spiro atoms. The fourth-order valence-electron chi connectivity index (χ4n) is 2.53. The van der Waals surface area contributed by atoms with E-state index in [-0.39, 0.29) is 11.6 Å². The normalized spacial score (nSPS) is 10.8. The molecule has 2 aromatic carbocycles. The number of aromatic nitrogens is 3. The van der Waals surface area contributed by atoms with Gasteiger partial charge in [-0.3, -0.25) is 4.57 Å². The van der Waals surface area contributed by atoms with Crippen molar-refractivity contribution in [3.8, 4) is 5.75 Å². The van der Waals surface area contributed by atoms with Gasteiger partial charge in [0.05, 0.1) is 5.02 Å². The molecule has 0 bridgehead atoms. The Morgan fingerprint density at radius 1 is 1.26 bits per heavy atom. The van der Waals surface area contributed by atoms with Gasteiger partial charge in [-0.05, 0) is 30.7 Å². The van der Waals surface area contributed by atoms with Crippen molar-refractivity contribution < 1.29 is 9.13 Å². The highest BCUT2D eigenvalue weighted by Gasteiger charge is 2.13. The summed E-state index contributed by atoms with van der Waals surface area (Å²) in [6, 6.07) is 12.4. The summed E-state index contributed by atoms with van der Waals surface area (Å²) in [6.07, 6.45) is 1.79. The highest BCUT2D eigenvalue weighted by Crippen LogP contribution is 2.27. The van der Waals surface area contributed by atoms with E-state index >= 15 is 0 Å². The quantitative estimate of drug-likeness (QED) is 0.371. The van der Waals surface area contributed by atoms with Crippen LogP contribution in [-0.2, 0) is 18.9 Å². The number of hydrogen-bond acceptors (Lipinski definition) is 4. The Hall–Kier alpha value is -2.31. The Bertz CT molecular complexity index is 945. The second-order valence-corrected chi connectivity index (χ2v) is 7.29. The molecule has 27 heavy (non-hydrogen) atoms. The van der Waals surface area contributed by atoms with Gasteiger partial charge < -0.3 is 4.74 Å². The van der Waals surface area contributed by atoms with Crippen LogP contribution in [0.3, 0.4) is 0 Å². The molecule has 140 valence electrons. The Kier molecular flexibility index (Phi) is 6.53. The minimum absolute atomic E-state index is 0.178. The first-order valence-electron chi connectivity index (χ1n) is 8.36. The molecule has 0 fully saturated rings. The lowest BCUT2D eigenvalue weighted by molar-refractivity contribution is 0.289. The maximum absolute atomic E-state index is 13.1. The number of thioether (sulfide) groups is 1. The van der Waals surface area contributed by atoms with Crippen LogP contribution in [0.25, 0.3) is 0 Å². The summed E-state index contributed by atoms with van der Waals surface area (Å²) in [6.45, 7) is 6.62. The second kappa shape index (κ2) is 9.06. The van der Waals surface area contributed by atoms with E-state index in [0.29, 0.717) is 18.1 Å². The van der Waals surface area contributed by atoms with Gasteiger partial charge in [0.1, 0.15) is 18.2 Å². The lowest BCUT2D eigenvalue weighted by atomic mass is 10.2. The first-order chi connectivity index (χ1) is 13.1. The van der Waals surface area contributed by atoms with Gasteiger partial charge in [-0.1, -0.05) is 59.3 Å². The smallest absolute Gasteiger partial charge is 0.191 e. The van der Waals surface area contributed by atoms with Gasteiger partial charge in [-0.25, -0.2) is 4.39 Å². The summed E-state index contributed by atoms with van der Waals surface area (Å²) >= 11 is 7.61. The maximum atomic E-state index is 13.1. The zero-order valence-corrected chi connectivity index (χ0v) is 16.4. The molecule has 0 unspecified atom stereocenters. The average molecular weight is 404 g/mol. The monoisotopic (exact) mass is 403 g/mol. The summed E-state index contributed by atoms with van der Waals surface area (Å²) in [5, 5.41) is 9.52. The van der Waals surface area contributed by atoms with Crippen LogP contribution in [-0.4, -0.2) is 14.8 Å². The number of allylic oxidation sites excluding steroid dienone is 1. The van der Waals surface area contributed by atoms with Crippen molar-refractivity contribution >= 4 is 23.4 Å². The molecule has 3 aromatic rings. The third-order valence-electron chi connectivity index (χ3n) is 3.81. The molecule has 0 radical (unpaired) electrons. The lowest BCUT2D eigenvalue weighted by Gasteiger charge is -2.10. The van der Waals surface area contributed by atoms with E-state index in [1.54, 1.807) is 17.8 Å². The SMILES string of the molecule is C=CCn1c(COc2ccc(F)cc2Cl)nnc1SCc1cccc(C)c1. The topological polar surface area (TPSA) is 39.9 Å². The van der Waals surface area contributed by atoms with Crippen molar-refractivity contribution in [3.05, 3.63) is 82.9 Å². The highest BCUT2D eigenvalue weighted by atomic mass is 35.5. The molecule has 0 atom stereocenters. The predicted molar refractivity (Wildman–Crippen MR) is 107 cm³/mol. The zero-order chi connectivity index (χ0) is 19.2. The Morgan fingerprint density at radius 2 is 2.11 bits per heavy atom. The highest BCUT2D eigenvalue weighted by molar-refractivity contribution is 7.98. The number of nitrogens with zero attached hydrogens (tertiary/aromatic N) is 3. The van der Waals surface area contributed by atoms with E-state index in [1.807, 2.05) is 10.6 Å². The van der Waals surface area contributed by atoms with E-state index in [1.165, 1.54) is 29.3 Å². The third-order valence-corrected chi connectivity index (χ3v) is 5.14. The molecule has 7 heteroatoms. The Morgan fingerprint density at radius 3 is 2.85 bits per heavy atom. The molecule has 0 saturated carbocycles. The molecule has 0 N–H and O–H groups in total. The number of rotatable bonds is 8. The van der Waals surface area contributed by atoms with Gasteiger partial charge >= 0.3 is 0 Å². The summed E-state index contributed by atoms with van der Waals surface area (Å²) in [7, 11) is 0. The lowest BCUT2D eigenvalue weighted by Crippen LogP contribution is -2.07. The Labute approximate surface area is 167 Å². The van der Waals surface area contributed by atoms with Crippen LogP contribution in [0.15, 0.2) is 60.3 Å². The first kappa shape index (κ1) is 19.5. The molecule has 0 aliphatic carbocycles. The molecule has 1 aromatic heterocycles. The van der Waals surface area contributed by atoms with Gasteiger partial charge in [0.25, 0.3) is 0 Å². The summed E-state index contributed by atoms with van der Waals surface area (Å²) in [5.74, 6) is 1.45. The minimum atomic E-state index is -0.406. The molecule has 4 nitrogen and oxygen atoms in total. The van der Waals surface area contributed by atoms with E-state index in [2.05, 4.69) is 41.9 Å². The van der Waals surface area contributed by atoms with Crippen LogP contribution in [0.1, 0.15) is 17.0 Å². The molecule has 0 aliphatic heterocycles. The van der Waals surface area contributed by atoms with Crippen LogP contribution < -0.4 is 4.74 Å². The van der Waals surface area contributed by atoms with E-state index in [0.717, 1.165) is 10.9 Å². The fourth-order valence-corrected chi connectivity index (χ4v) is 3.66. The number of halogens is 2. The van der Waals surface area contributed by atoms with Gasteiger partial charge in [-0.2, -0.15) is 0 Å². The molecule has 0 aliphatic rings. The number of benzene rings is 2. The number of hydrogen-bond donors (Lipinski definition) is 0. The summed E-state index contributed by atoms with van der Waals surface area (Å²) in [5.41, 5.74) is 2.45. The van der Waals surface area contributed by atoms with Crippen LogP contribution in [0.5, 0.6) is 5.75 Å². The van der Waals surface area contributed by atoms with Gasteiger partial charge in [0, 0.05) is 12.3 Å². The molecule has 0 saturated heterocycles. The van der Waals surface area contributed by atoms with Gasteiger partial charge in [0.2, 0.25) is 0 Å². The molecule has 3 rings (SSSR count). The fraction of sp³-hybridized carbons (Fsp3) is 0.200. The van der Waals surface area contributed by atoms with Crippen molar-refractivity contribution in [1.29, 1.82) is 0 Å².